The third-order valence-electron chi connectivity index (χ3n) is 3.88. The molecular weight excluding hydrogens is 368 g/mol. The van der Waals surface area contributed by atoms with Gasteiger partial charge in [0.15, 0.2) is 0 Å². The van der Waals surface area contributed by atoms with Gasteiger partial charge in [-0.15, -0.1) is 0 Å². The minimum Gasteiger partial charge on any atom is -0.363 e. The number of halogens is 1. The van der Waals surface area contributed by atoms with Crippen molar-refractivity contribution in [3.05, 3.63) is 64.1 Å². The first-order valence-electron chi connectivity index (χ1n) is 7.87. The predicted octanol–water partition coefficient (Wildman–Crippen LogP) is 4.32. The number of carbonyl (C=O) groups excluding carboxylic acids is 1. The summed E-state index contributed by atoms with van der Waals surface area (Å²) in [6, 6.07) is 15.8. The Labute approximate surface area is 150 Å². The molecule has 0 bridgehead atoms. The van der Waals surface area contributed by atoms with E-state index < -0.39 is 0 Å². The summed E-state index contributed by atoms with van der Waals surface area (Å²) in [4.78, 5) is 16.6. The number of hydrogen-bond donors (Lipinski definition) is 1. The second kappa shape index (κ2) is 7.73. The highest BCUT2D eigenvalue weighted by atomic mass is 79.9. The zero-order valence-corrected chi connectivity index (χ0v) is 15.0. The molecule has 1 N–H and O–H groups in total. The first kappa shape index (κ1) is 16.9. The van der Waals surface area contributed by atoms with Crippen molar-refractivity contribution in [2.45, 2.75) is 26.0 Å². The molecule has 0 spiro atoms. The van der Waals surface area contributed by atoms with Gasteiger partial charge < -0.3 is 10.1 Å². The number of benzene rings is 2. The van der Waals surface area contributed by atoms with Crippen molar-refractivity contribution in [2.75, 3.05) is 6.61 Å². The molecule has 2 aromatic carbocycles. The second-order valence-corrected chi connectivity index (χ2v) is 6.73. The quantitative estimate of drug-likeness (QED) is 0.831. The molecule has 0 saturated carbocycles. The van der Waals surface area contributed by atoms with Crippen molar-refractivity contribution in [2.24, 2.45) is 4.99 Å². The summed E-state index contributed by atoms with van der Waals surface area (Å²) in [7, 11) is 0. The molecule has 0 unspecified atom stereocenters. The molecule has 3 rings (SSSR count). The van der Waals surface area contributed by atoms with Gasteiger partial charge in [-0.1, -0.05) is 46.3 Å². The van der Waals surface area contributed by atoms with Crippen molar-refractivity contribution in [3.8, 4) is 0 Å². The Kier molecular flexibility index (Phi) is 5.43. The van der Waals surface area contributed by atoms with E-state index in [4.69, 9.17) is 4.74 Å². The van der Waals surface area contributed by atoms with E-state index in [2.05, 4.69) is 26.2 Å². The van der Waals surface area contributed by atoms with Crippen LogP contribution in [-0.4, -0.2) is 18.2 Å². The van der Waals surface area contributed by atoms with Crippen LogP contribution in [0.15, 0.2) is 58.0 Å². The Bertz CT molecular complexity index is 759. The van der Waals surface area contributed by atoms with Crippen molar-refractivity contribution in [3.63, 3.8) is 0 Å². The Balaban J connectivity index is 1.58. The van der Waals surface area contributed by atoms with Crippen molar-refractivity contribution in [1.82, 2.24) is 5.32 Å². The van der Waals surface area contributed by atoms with Gasteiger partial charge in [-0.3, -0.25) is 9.79 Å². The smallest absolute Gasteiger partial charge is 0.246 e. The van der Waals surface area contributed by atoms with Gasteiger partial charge in [-0.2, -0.15) is 0 Å². The van der Waals surface area contributed by atoms with Crippen LogP contribution in [0.1, 0.15) is 30.6 Å². The molecule has 0 fully saturated rings. The fourth-order valence-corrected chi connectivity index (χ4v) is 3.07. The summed E-state index contributed by atoms with van der Waals surface area (Å²) in [5.74, 6) is -0.115. The normalized spacial score (nSPS) is 16.2. The lowest BCUT2D eigenvalue weighted by atomic mass is 9.99. The van der Waals surface area contributed by atoms with E-state index in [1.807, 2.05) is 55.5 Å². The first-order valence-corrected chi connectivity index (χ1v) is 8.67. The maximum atomic E-state index is 12.0. The maximum Gasteiger partial charge on any atom is 0.246 e. The highest BCUT2D eigenvalue weighted by Crippen LogP contribution is 2.36. The Morgan fingerprint density at radius 1 is 1.29 bits per heavy atom. The fourth-order valence-electron chi connectivity index (χ4n) is 2.69. The van der Waals surface area contributed by atoms with E-state index in [1.165, 1.54) is 0 Å². The van der Waals surface area contributed by atoms with Gasteiger partial charge in [-0.05, 0) is 30.7 Å². The van der Waals surface area contributed by atoms with Crippen molar-refractivity contribution in [1.29, 1.82) is 0 Å². The minimum atomic E-state index is -0.141. The summed E-state index contributed by atoms with van der Waals surface area (Å²) < 4.78 is 6.86. The molecule has 0 radical (unpaired) electrons. The molecule has 1 atom stereocenters. The molecule has 1 aliphatic rings. The average Bonchev–Trinajstić information content (AvgIpc) is 2.59. The summed E-state index contributed by atoms with van der Waals surface area (Å²) >= 11 is 3.48. The van der Waals surface area contributed by atoms with Crippen LogP contribution < -0.4 is 5.32 Å². The van der Waals surface area contributed by atoms with Gasteiger partial charge >= 0.3 is 0 Å². The van der Waals surface area contributed by atoms with Crippen LogP contribution >= 0.6 is 15.9 Å². The summed E-state index contributed by atoms with van der Waals surface area (Å²) in [5, 5.41) is 2.88. The lowest BCUT2D eigenvalue weighted by Gasteiger charge is -2.24. The standard InChI is InChI=1S/C19H19BrN2O2/c1-13-9-18(16-10-15(20)7-8-17(16)22-13)24-12-19(23)21-11-14-5-3-2-4-6-14/h2-8,10,18H,9,11-12H2,1H3,(H,21,23)/t18-/m0/s1. The summed E-state index contributed by atoms with van der Waals surface area (Å²) in [6.45, 7) is 2.53. The van der Waals surface area contributed by atoms with Gasteiger partial charge in [0.05, 0.1) is 11.8 Å². The number of nitrogens with zero attached hydrogens (tertiary/aromatic N) is 1. The molecule has 24 heavy (non-hydrogen) atoms. The highest BCUT2D eigenvalue weighted by Gasteiger charge is 2.22. The van der Waals surface area contributed by atoms with Crippen LogP contribution in [0.5, 0.6) is 0 Å². The Morgan fingerprint density at radius 2 is 2.08 bits per heavy atom. The second-order valence-electron chi connectivity index (χ2n) is 5.82. The Hall–Kier alpha value is -1.98. The molecule has 1 amide bonds. The predicted molar refractivity (Wildman–Crippen MR) is 98.5 cm³/mol. The molecule has 0 aliphatic carbocycles. The number of hydrogen-bond acceptors (Lipinski definition) is 3. The molecular formula is C19H19BrN2O2. The van der Waals surface area contributed by atoms with E-state index in [0.717, 1.165) is 27.0 Å². The van der Waals surface area contributed by atoms with Gasteiger partial charge in [0.25, 0.3) is 0 Å². The number of nitrogens with one attached hydrogen (secondary N) is 1. The molecule has 5 heteroatoms. The van der Waals surface area contributed by atoms with Gasteiger partial charge in [-0.25, -0.2) is 0 Å². The minimum absolute atomic E-state index is 0.0384. The van der Waals surface area contributed by atoms with E-state index in [9.17, 15) is 4.79 Å². The molecule has 4 nitrogen and oxygen atoms in total. The van der Waals surface area contributed by atoms with E-state index in [-0.39, 0.29) is 18.6 Å². The van der Waals surface area contributed by atoms with Crippen LogP contribution in [0.25, 0.3) is 0 Å². The third-order valence-corrected chi connectivity index (χ3v) is 4.37. The summed E-state index contributed by atoms with van der Waals surface area (Å²) in [6.07, 6.45) is 0.563. The van der Waals surface area contributed by atoms with E-state index in [1.54, 1.807) is 0 Å². The number of carbonyl (C=O) groups is 1. The number of aliphatic imine (C=N–C) groups is 1. The molecule has 0 saturated heterocycles. The van der Waals surface area contributed by atoms with Crippen LogP contribution in [0, 0.1) is 0 Å². The fraction of sp³-hybridized carbons (Fsp3) is 0.263. The zero-order valence-electron chi connectivity index (χ0n) is 13.5. The highest BCUT2D eigenvalue weighted by molar-refractivity contribution is 9.10. The van der Waals surface area contributed by atoms with Crippen LogP contribution in [-0.2, 0) is 16.1 Å². The van der Waals surface area contributed by atoms with Crippen LogP contribution in [0.4, 0.5) is 5.69 Å². The van der Waals surface area contributed by atoms with E-state index in [0.29, 0.717) is 13.0 Å². The lowest BCUT2D eigenvalue weighted by molar-refractivity contribution is -0.127. The van der Waals surface area contributed by atoms with Gasteiger partial charge in [0, 0.05) is 28.7 Å². The van der Waals surface area contributed by atoms with Crippen LogP contribution in [0.3, 0.4) is 0 Å². The molecule has 0 aromatic heterocycles. The SMILES string of the molecule is CC1=Nc2ccc(Br)cc2[C@@H](OCC(=O)NCc2ccccc2)C1. The molecule has 124 valence electrons. The molecule has 1 heterocycles. The molecule has 1 aliphatic heterocycles. The lowest BCUT2D eigenvalue weighted by Crippen LogP contribution is -2.28. The number of ether oxygens (including phenoxy) is 1. The number of amides is 1. The largest absolute Gasteiger partial charge is 0.363 e. The van der Waals surface area contributed by atoms with Crippen molar-refractivity contribution >= 4 is 33.2 Å². The zero-order chi connectivity index (χ0) is 16.9. The number of fused-ring (bicyclic) bond motifs is 1. The Morgan fingerprint density at radius 3 is 2.88 bits per heavy atom. The maximum absolute atomic E-state index is 12.0. The number of rotatable bonds is 5. The van der Waals surface area contributed by atoms with E-state index >= 15 is 0 Å². The third kappa shape index (κ3) is 4.30. The average molecular weight is 387 g/mol. The van der Waals surface area contributed by atoms with Crippen LogP contribution in [0.2, 0.25) is 0 Å². The summed E-state index contributed by atoms with van der Waals surface area (Å²) in [5.41, 5.74) is 4.02. The molecule has 2 aromatic rings. The topological polar surface area (TPSA) is 50.7 Å². The van der Waals surface area contributed by atoms with Gasteiger partial charge in [0.1, 0.15) is 6.61 Å². The van der Waals surface area contributed by atoms with Gasteiger partial charge in [0.2, 0.25) is 5.91 Å². The first-order chi connectivity index (χ1) is 11.6. The monoisotopic (exact) mass is 386 g/mol. The van der Waals surface area contributed by atoms with Crippen molar-refractivity contribution < 1.29 is 9.53 Å².